The van der Waals surface area contributed by atoms with Crippen LogP contribution in [0.5, 0.6) is 0 Å². The molecule has 0 bridgehead atoms. The van der Waals surface area contributed by atoms with Gasteiger partial charge in [0.25, 0.3) is 0 Å². The van der Waals surface area contributed by atoms with Crippen LogP contribution < -0.4 is 10.6 Å². The van der Waals surface area contributed by atoms with Crippen molar-refractivity contribution in [2.45, 2.75) is 26.7 Å². The van der Waals surface area contributed by atoms with Crippen molar-refractivity contribution in [1.82, 2.24) is 10.6 Å². The van der Waals surface area contributed by atoms with Gasteiger partial charge in [0, 0.05) is 12.8 Å². The third-order valence-electron chi connectivity index (χ3n) is 1.39. The molecule has 5 nitrogen and oxygen atoms in total. The molecule has 0 aliphatic carbocycles. The Morgan fingerprint density at radius 1 is 1.00 bits per heavy atom. The molecule has 5 heteroatoms. The molecule has 0 heterocycles. The number of hydrogen-bond donors (Lipinski definition) is 2. The number of nitrogens with one attached hydrogen (secondary N) is 2. The molecule has 0 saturated carbocycles. The van der Waals surface area contributed by atoms with Crippen molar-refractivity contribution in [3.05, 3.63) is 0 Å². The molecule has 0 aliphatic rings. The van der Waals surface area contributed by atoms with E-state index in [4.69, 9.17) is 4.74 Å². The van der Waals surface area contributed by atoms with Crippen LogP contribution in [0.3, 0.4) is 0 Å². The van der Waals surface area contributed by atoms with Gasteiger partial charge in [-0.3, -0.25) is 9.59 Å². The van der Waals surface area contributed by atoms with E-state index in [1.165, 1.54) is 0 Å². The lowest BCUT2D eigenvalue weighted by molar-refractivity contribution is -0.123. The highest BCUT2D eigenvalue weighted by atomic mass is 16.5. The normalized spacial score (nSPS) is 9.38. The van der Waals surface area contributed by atoms with Gasteiger partial charge in [-0.25, -0.2) is 0 Å². The van der Waals surface area contributed by atoms with E-state index >= 15 is 0 Å². The Morgan fingerprint density at radius 3 is 1.69 bits per heavy atom. The molecular weight excluding hydrogens is 172 g/mol. The summed E-state index contributed by atoms with van der Waals surface area (Å²) in [7, 11) is 0. The number of ether oxygens (including phenoxy) is 1. The lowest BCUT2D eigenvalue weighted by atomic mass is 10.5. The fourth-order valence-electron chi connectivity index (χ4n) is 0.564. The Bertz CT molecular complexity index is 153. The van der Waals surface area contributed by atoms with Crippen LogP contribution in [0.15, 0.2) is 0 Å². The maximum Gasteiger partial charge on any atom is 0.221 e. The zero-order valence-electron chi connectivity index (χ0n) is 8.05. The van der Waals surface area contributed by atoms with E-state index in [-0.39, 0.29) is 25.3 Å². The lowest BCUT2D eigenvalue weighted by Crippen LogP contribution is -2.30. The minimum atomic E-state index is -0.0678. The average molecular weight is 188 g/mol. The molecule has 0 rings (SSSR count). The van der Waals surface area contributed by atoms with Crippen molar-refractivity contribution in [3.8, 4) is 0 Å². The van der Waals surface area contributed by atoms with Crippen molar-refractivity contribution in [2.24, 2.45) is 0 Å². The zero-order valence-corrected chi connectivity index (χ0v) is 8.05. The number of hydrogen-bond acceptors (Lipinski definition) is 3. The molecule has 13 heavy (non-hydrogen) atoms. The van der Waals surface area contributed by atoms with Gasteiger partial charge in [-0.15, -0.1) is 0 Å². The SMILES string of the molecule is CCC(=O)NCOCNC(=O)CC. The number of carbonyl (C=O) groups is 2. The molecule has 0 aromatic carbocycles. The van der Waals surface area contributed by atoms with Gasteiger partial charge in [-0.2, -0.15) is 0 Å². The van der Waals surface area contributed by atoms with Gasteiger partial charge in [-0.05, 0) is 0 Å². The van der Waals surface area contributed by atoms with Crippen molar-refractivity contribution in [3.63, 3.8) is 0 Å². The van der Waals surface area contributed by atoms with Crippen molar-refractivity contribution in [1.29, 1.82) is 0 Å². The highest BCUT2D eigenvalue weighted by Crippen LogP contribution is 1.77. The van der Waals surface area contributed by atoms with Gasteiger partial charge in [0.05, 0.1) is 0 Å². The molecule has 0 aromatic heterocycles. The van der Waals surface area contributed by atoms with E-state index < -0.39 is 0 Å². The summed E-state index contributed by atoms with van der Waals surface area (Å²) in [6.45, 7) is 3.79. The summed E-state index contributed by atoms with van der Waals surface area (Å²) in [4.78, 5) is 21.4. The Hall–Kier alpha value is -1.10. The van der Waals surface area contributed by atoms with E-state index in [9.17, 15) is 9.59 Å². The largest absolute Gasteiger partial charge is 0.341 e. The summed E-state index contributed by atoms with van der Waals surface area (Å²) in [6, 6.07) is 0. The minimum absolute atomic E-state index is 0.0678. The van der Waals surface area contributed by atoms with Crippen LogP contribution in [0.2, 0.25) is 0 Å². The first kappa shape index (κ1) is 11.9. The molecule has 0 spiro atoms. The number of carbonyl (C=O) groups excluding carboxylic acids is 2. The molecule has 0 unspecified atom stereocenters. The predicted octanol–water partition coefficient (Wildman–Crippen LogP) is -0.0296. The zero-order chi connectivity index (χ0) is 10.1. The molecule has 2 amide bonds. The molecule has 0 fully saturated rings. The number of amides is 2. The Balaban J connectivity index is 3.17. The van der Waals surface area contributed by atoms with Gasteiger partial charge in [0.15, 0.2) is 0 Å². The van der Waals surface area contributed by atoms with Crippen LogP contribution in [0.1, 0.15) is 26.7 Å². The van der Waals surface area contributed by atoms with E-state index in [1.807, 2.05) is 0 Å². The third-order valence-corrected chi connectivity index (χ3v) is 1.39. The third kappa shape index (κ3) is 7.27. The van der Waals surface area contributed by atoms with Gasteiger partial charge >= 0.3 is 0 Å². The first-order chi connectivity index (χ1) is 6.20. The van der Waals surface area contributed by atoms with Crippen molar-refractivity contribution < 1.29 is 14.3 Å². The van der Waals surface area contributed by atoms with Crippen molar-refractivity contribution >= 4 is 11.8 Å². The van der Waals surface area contributed by atoms with Crippen LogP contribution in [0.25, 0.3) is 0 Å². The molecule has 76 valence electrons. The van der Waals surface area contributed by atoms with Crippen LogP contribution in [-0.2, 0) is 14.3 Å². The van der Waals surface area contributed by atoms with Crippen LogP contribution in [0.4, 0.5) is 0 Å². The predicted molar refractivity (Wildman–Crippen MR) is 47.7 cm³/mol. The van der Waals surface area contributed by atoms with E-state index in [1.54, 1.807) is 13.8 Å². The summed E-state index contributed by atoms with van der Waals surface area (Å²) >= 11 is 0. The molecule has 0 radical (unpaired) electrons. The maximum absolute atomic E-state index is 10.7. The summed E-state index contributed by atoms with van der Waals surface area (Å²) < 4.78 is 4.91. The second kappa shape index (κ2) is 7.54. The highest BCUT2D eigenvalue weighted by molar-refractivity contribution is 5.75. The Labute approximate surface area is 77.8 Å². The first-order valence-electron chi connectivity index (χ1n) is 4.31. The molecule has 0 saturated heterocycles. The standard InChI is InChI=1S/C8H16N2O3/c1-3-7(11)9-5-13-6-10-8(12)4-2/h3-6H2,1-2H3,(H,9,11)(H,10,12). The average Bonchev–Trinajstić information content (AvgIpc) is 2.16. The quantitative estimate of drug-likeness (QED) is 0.454. The summed E-state index contributed by atoms with van der Waals surface area (Å²) in [5, 5.41) is 5.02. The molecule has 0 aromatic rings. The second-order valence-electron chi connectivity index (χ2n) is 2.40. The van der Waals surface area contributed by atoms with Gasteiger partial charge in [-0.1, -0.05) is 13.8 Å². The molecule has 2 N–H and O–H groups in total. The highest BCUT2D eigenvalue weighted by Gasteiger charge is 1.96. The van der Waals surface area contributed by atoms with Gasteiger partial charge < -0.3 is 15.4 Å². The Morgan fingerprint density at radius 2 is 1.38 bits per heavy atom. The van der Waals surface area contributed by atoms with Gasteiger partial charge in [0.1, 0.15) is 13.5 Å². The Kier molecular flexibility index (Phi) is 6.91. The number of rotatable bonds is 6. The van der Waals surface area contributed by atoms with Crippen molar-refractivity contribution in [2.75, 3.05) is 13.5 Å². The smallest absolute Gasteiger partial charge is 0.221 e. The monoisotopic (exact) mass is 188 g/mol. The van der Waals surface area contributed by atoms with Gasteiger partial charge in [0.2, 0.25) is 11.8 Å². The second-order valence-corrected chi connectivity index (χ2v) is 2.40. The minimum Gasteiger partial charge on any atom is -0.341 e. The topological polar surface area (TPSA) is 67.4 Å². The van der Waals surface area contributed by atoms with E-state index in [2.05, 4.69) is 10.6 Å². The fraction of sp³-hybridized carbons (Fsp3) is 0.750. The van der Waals surface area contributed by atoms with Crippen LogP contribution >= 0.6 is 0 Å². The molecular formula is C8H16N2O3. The van der Waals surface area contributed by atoms with Crippen LogP contribution in [-0.4, -0.2) is 25.3 Å². The summed E-state index contributed by atoms with van der Waals surface area (Å²) in [5.41, 5.74) is 0. The first-order valence-corrected chi connectivity index (χ1v) is 4.31. The fourth-order valence-corrected chi connectivity index (χ4v) is 0.564. The summed E-state index contributed by atoms with van der Waals surface area (Å²) in [5.74, 6) is -0.136. The maximum atomic E-state index is 10.7. The molecule has 0 atom stereocenters. The molecule has 0 aliphatic heterocycles. The summed E-state index contributed by atoms with van der Waals surface area (Å²) in [6.07, 6.45) is 0.870. The van der Waals surface area contributed by atoms with E-state index in [0.29, 0.717) is 12.8 Å². The van der Waals surface area contributed by atoms with E-state index in [0.717, 1.165) is 0 Å². The van der Waals surface area contributed by atoms with Crippen LogP contribution in [0, 0.1) is 0 Å². The lowest BCUT2D eigenvalue weighted by Gasteiger charge is -2.06.